The van der Waals surface area contributed by atoms with Crippen LogP contribution in [0.15, 0.2) is 0 Å². The molecule has 0 radical (unpaired) electrons. The predicted octanol–water partition coefficient (Wildman–Crippen LogP) is -0.0696. The van der Waals surface area contributed by atoms with Gasteiger partial charge in [0.25, 0.3) is 0 Å². The van der Waals surface area contributed by atoms with Gasteiger partial charge in [0.2, 0.25) is 11.8 Å². The molecule has 0 aromatic rings. The number of hydrogen-bond acceptors (Lipinski definition) is 3. The lowest BCUT2D eigenvalue weighted by Crippen LogP contribution is -2.66. The van der Waals surface area contributed by atoms with E-state index in [0.29, 0.717) is 19.6 Å². The molecule has 17 heavy (non-hydrogen) atoms. The Hall–Kier alpha value is -1.59. The van der Waals surface area contributed by atoms with E-state index in [1.165, 1.54) is 18.7 Å². The van der Waals surface area contributed by atoms with E-state index in [4.69, 9.17) is 5.11 Å². The quantitative estimate of drug-likeness (QED) is 0.751. The predicted molar refractivity (Wildman–Crippen MR) is 60.3 cm³/mol. The van der Waals surface area contributed by atoms with Crippen molar-refractivity contribution in [2.75, 3.05) is 19.6 Å². The van der Waals surface area contributed by atoms with Crippen LogP contribution in [0, 0.1) is 0 Å². The molecule has 0 bridgehead atoms. The minimum atomic E-state index is -1.26. The minimum absolute atomic E-state index is 0.266. The first-order chi connectivity index (χ1) is 7.82. The molecule has 96 valence electrons. The Bertz CT molecular complexity index is 355. The second-order valence-corrected chi connectivity index (χ2v) is 4.40. The molecule has 1 fully saturated rings. The van der Waals surface area contributed by atoms with Gasteiger partial charge in [-0.25, -0.2) is 0 Å². The number of nitrogens with zero attached hydrogens (tertiary/aromatic N) is 2. The highest BCUT2D eigenvalue weighted by molar-refractivity contribution is 5.94. The number of likely N-dealkylation sites (N-methyl/N-ethyl adjacent to an activating group) is 1. The lowest BCUT2D eigenvalue weighted by Gasteiger charge is -2.46. The van der Waals surface area contributed by atoms with Crippen LogP contribution in [0.1, 0.15) is 27.2 Å². The van der Waals surface area contributed by atoms with Crippen molar-refractivity contribution < 1.29 is 19.5 Å². The Morgan fingerprint density at radius 1 is 1.41 bits per heavy atom. The number of carbonyl (C=O) groups excluding carboxylic acids is 2. The molecule has 0 aromatic heterocycles. The summed E-state index contributed by atoms with van der Waals surface area (Å²) in [5.41, 5.74) is -1.26. The Balaban J connectivity index is 3.07. The summed E-state index contributed by atoms with van der Waals surface area (Å²) in [4.78, 5) is 37.5. The lowest BCUT2D eigenvalue weighted by molar-refractivity contribution is -0.163. The molecule has 1 rings (SSSR count). The largest absolute Gasteiger partial charge is 0.481 e. The standard InChI is InChI=1S/C11H18N2O4/c1-4-12-5-6-13(8(2)14)11(3,10(12)17)7-9(15)16/h4-7H2,1-3H3,(H,15,16). The maximum atomic E-state index is 12.2. The number of rotatable bonds is 3. The normalized spacial score (nSPS) is 25.0. The van der Waals surface area contributed by atoms with Gasteiger partial charge in [0.1, 0.15) is 5.54 Å². The van der Waals surface area contributed by atoms with Gasteiger partial charge < -0.3 is 14.9 Å². The van der Waals surface area contributed by atoms with Crippen molar-refractivity contribution in [2.45, 2.75) is 32.7 Å². The van der Waals surface area contributed by atoms with Crippen LogP contribution in [0.2, 0.25) is 0 Å². The molecule has 1 aliphatic heterocycles. The molecule has 1 unspecified atom stereocenters. The Labute approximate surface area is 100 Å². The first-order valence-electron chi connectivity index (χ1n) is 5.62. The van der Waals surface area contributed by atoms with E-state index in [0.717, 1.165) is 0 Å². The third-order valence-corrected chi connectivity index (χ3v) is 3.19. The van der Waals surface area contributed by atoms with Crippen molar-refractivity contribution in [3.8, 4) is 0 Å². The molecule has 0 aromatic carbocycles. The first kappa shape index (κ1) is 13.5. The molecular weight excluding hydrogens is 224 g/mol. The van der Waals surface area contributed by atoms with Crippen molar-refractivity contribution in [3.05, 3.63) is 0 Å². The summed E-state index contributed by atoms with van der Waals surface area (Å²) in [5.74, 6) is -1.63. The van der Waals surface area contributed by atoms with Crippen LogP contribution in [0.25, 0.3) is 0 Å². The van der Waals surface area contributed by atoms with Crippen molar-refractivity contribution >= 4 is 17.8 Å². The van der Waals surface area contributed by atoms with Crippen LogP contribution in [0.5, 0.6) is 0 Å². The molecular formula is C11H18N2O4. The van der Waals surface area contributed by atoms with Crippen LogP contribution in [0.3, 0.4) is 0 Å². The Kier molecular flexibility index (Phi) is 3.75. The second kappa shape index (κ2) is 4.73. The molecule has 0 aliphatic carbocycles. The summed E-state index contributed by atoms with van der Waals surface area (Å²) < 4.78 is 0. The van der Waals surface area contributed by atoms with E-state index in [-0.39, 0.29) is 18.2 Å². The van der Waals surface area contributed by atoms with E-state index >= 15 is 0 Å². The number of piperazine rings is 1. The van der Waals surface area contributed by atoms with Gasteiger partial charge in [-0.2, -0.15) is 0 Å². The SMILES string of the molecule is CCN1CCN(C(C)=O)C(C)(CC(=O)O)C1=O. The van der Waals surface area contributed by atoms with Crippen LogP contribution in [-0.4, -0.2) is 57.9 Å². The number of amides is 2. The van der Waals surface area contributed by atoms with Gasteiger partial charge in [-0.3, -0.25) is 14.4 Å². The molecule has 6 nitrogen and oxygen atoms in total. The highest BCUT2D eigenvalue weighted by Crippen LogP contribution is 2.26. The zero-order valence-corrected chi connectivity index (χ0v) is 10.4. The van der Waals surface area contributed by atoms with Gasteiger partial charge in [-0.15, -0.1) is 0 Å². The maximum absolute atomic E-state index is 12.2. The van der Waals surface area contributed by atoms with Crippen LogP contribution in [-0.2, 0) is 14.4 Å². The molecule has 0 spiro atoms. The number of aliphatic carboxylic acids is 1. The lowest BCUT2D eigenvalue weighted by atomic mass is 9.91. The van der Waals surface area contributed by atoms with Gasteiger partial charge in [-0.1, -0.05) is 0 Å². The van der Waals surface area contributed by atoms with E-state index in [1.54, 1.807) is 4.90 Å². The van der Waals surface area contributed by atoms with E-state index in [2.05, 4.69) is 0 Å². The van der Waals surface area contributed by atoms with Gasteiger partial charge in [0.15, 0.2) is 0 Å². The molecule has 1 heterocycles. The number of carboxylic acids is 1. The number of hydrogen-bond donors (Lipinski definition) is 1. The Morgan fingerprint density at radius 2 is 2.00 bits per heavy atom. The third kappa shape index (κ3) is 2.40. The summed E-state index contributed by atoms with van der Waals surface area (Å²) in [7, 11) is 0. The summed E-state index contributed by atoms with van der Waals surface area (Å²) in [6.07, 6.45) is -0.359. The maximum Gasteiger partial charge on any atom is 0.306 e. The van der Waals surface area contributed by atoms with E-state index in [1.807, 2.05) is 6.92 Å². The summed E-state index contributed by atoms with van der Waals surface area (Å²) in [6, 6.07) is 0. The molecule has 1 aliphatic rings. The average molecular weight is 242 g/mol. The summed E-state index contributed by atoms with van der Waals surface area (Å²) in [6.45, 7) is 6.09. The highest BCUT2D eigenvalue weighted by atomic mass is 16.4. The third-order valence-electron chi connectivity index (χ3n) is 3.19. The summed E-state index contributed by atoms with van der Waals surface area (Å²) in [5, 5.41) is 8.90. The molecule has 1 N–H and O–H groups in total. The minimum Gasteiger partial charge on any atom is -0.481 e. The fourth-order valence-corrected chi connectivity index (χ4v) is 2.30. The van der Waals surface area contributed by atoms with Crippen molar-refractivity contribution in [2.24, 2.45) is 0 Å². The van der Waals surface area contributed by atoms with Crippen molar-refractivity contribution in [1.82, 2.24) is 9.80 Å². The molecule has 2 amide bonds. The van der Waals surface area contributed by atoms with Gasteiger partial charge in [-0.05, 0) is 13.8 Å². The van der Waals surface area contributed by atoms with Gasteiger partial charge >= 0.3 is 5.97 Å². The number of carboxylic acid groups (broad SMARTS) is 1. The monoisotopic (exact) mass is 242 g/mol. The zero-order valence-electron chi connectivity index (χ0n) is 10.4. The van der Waals surface area contributed by atoms with Crippen LogP contribution < -0.4 is 0 Å². The molecule has 0 saturated carbocycles. The summed E-state index contributed by atoms with van der Waals surface area (Å²) >= 11 is 0. The molecule has 6 heteroatoms. The Morgan fingerprint density at radius 3 is 2.41 bits per heavy atom. The fraction of sp³-hybridized carbons (Fsp3) is 0.727. The number of carbonyl (C=O) groups is 3. The zero-order chi connectivity index (χ0) is 13.2. The average Bonchev–Trinajstić information content (AvgIpc) is 2.20. The molecule has 1 saturated heterocycles. The topological polar surface area (TPSA) is 77.9 Å². The van der Waals surface area contributed by atoms with E-state index in [9.17, 15) is 14.4 Å². The highest BCUT2D eigenvalue weighted by Gasteiger charge is 2.47. The smallest absolute Gasteiger partial charge is 0.306 e. The van der Waals surface area contributed by atoms with Crippen molar-refractivity contribution in [3.63, 3.8) is 0 Å². The van der Waals surface area contributed by atoms with Gasteiger partial charge in [0.05, 0.1) is 6.42 Å². The van der Waals surface area contributed by atoms with Crippen LogP contribution >= 0.6 is 0 Å². The fourth-order valence-electron chi connectivity index (χ4n) is 2.30. The van der Waals surface area contributed by atoms with Gasteiger partial charge in [0, 0.05) is 26.6 Å². The first-order valence-corrected chi connectivity index (χ1v) is 5.62. The van der Waals surface area contributed by atoms with E-state index < -0.39 is 11.5 Å². The molecule has 1 atom stereocenters. The second-order valence-electron chi connectivity index (χ2n) is 4.40. The van der Waals surface area contributed by atoms with Crippen molar-refractivity contribution in [1.29, 1.82) is 0 Å². The van der Waals surface area contributed by atoms with Crippen LogP contribution in [0.4, 0.5) is 0 Å².